The first kappa shape index (κ1) is 24.3. The predicted octanol–water partition coefficient (Wildman–Crippen LogP) is 10.1. The Kier molecular flexibility index (Phi) is 4.93. The number of fused-ring (bicyclic) bond motifs is 7. The van der Waals surface area contributed by atoms with Gasteiger partial charge in [0.05, 0.1) is 0 Å². The Bertz CT molecular complexity index is 2640. The Morgan fingerprint density at radius 3 is 1.98 bits per heavy atom. The first-order valence-electron chi connectivity index (χ1n) is 15.0. The number of rotatable bonds is 3. The van der Waals surface area contributed by atoms with Crippen LogP contribution in [0.15, 0.2) is 138 Å². The van der Waals surface area contributed by atoms with Crippen LogP contribution < -0.4 is 0 Å². The van der Waals surface area contributed by atoms with Crippen molar-refractivity contribution in [2.75, 3.05) is 0 Å². The molecule has 0 N–H and O–H groups in total. The van der Waals surface area contributed by atoms with E-state index in [1.165, 1.54) is 33.0 Å². The van der Waals surface area contributed by atoms with E-state index < -0.39 is 0 Å². The summed E-state index contributed by atoms with van der Waals surface area (Å²) in [5.74, 6) is 1.84. The minimum Gasteiger partial charge on any atom is -0.438 e. The fraction of sp³-hybridized carbons (Fsp3) is 0. The fourth-order valence-corrected chi connectivity index (χ4v) is 6.92. The first-order chi connectivity index (χ1) is 22.3. The Hall–Kier alpha value is -6.20. The summed E-state index contributed by atoms with van der Waals surface area (Å²) in [5.41, 5.74) is 9.13. The van der Waals surface area contributed by atoms with E-state index in [9.17, 15) is 0 Å². The topological polar surface area (TPSA) is 64.7 Å². The van der Waals surface area contributed by atoms with E-state index in [1.54, 1.807) is 6.20 Å². The van der Waals surface area contributed by atoms with Gasteiger partial charge in [0.1, 0.15) is 5.58 Å². The number of nitrogens with zero attached hydrogens (tertiary/aromatic N) is 4. The zero-order valence-corrected chi connectivity index (χ0v) is 23.9. The molecule has 3 heterocycles. The van der Waals surface area contributed by atoms with E-state index in [0.29, 0.717) is 23.2 Å². The van der Waals surface area contributed by atoms with Crippen LogP contribution in [0.25, 0.3) is 100 Å². The molecule has 0 amide bonds. The van der Waals surface area contributed by atoms with E-state index in [4.69, 9.17) is 19.4 Å². The van der Waals surface area contributed by atoms with Gasteiger partial charge in [-0.05, 0) is 74.1 Å². The van der Waals surface area contributed by atoms with Crippen molar-refractivity contribution in [3.8, 4) is 56.4 Å². The molecule has 0 aliphatic heterocycles. The van der Waals surface area contributed by atoms with E-state index in [0.717, 1.165) is 43.8 Å². The van der Waals surface area contributed by atoms with Gasteiger partial charge in [-0.15, -0.1) is 0 Å². The maximum Gasteiger partial charge on any atom is 0.227 e. The van der Waals surface area contributed by atoms with Gasteiger partial charge >= 0.3 is 0 Å². The summed E-state index contributed by atoms with van der Waals surface area (Å²) in [5, 5.41) is 6.54. The minimum atomic E-state index is 0.590. The normalized spacial score (nSPS) is 12.0. The zero-order chi connectivity index (χ0) is 29.5. The smallest absolute Gasteiger partial charge is 0.227 e. The van der Waals surface area contributed by atoms with Crippen molar-refractivity contribution < 1.29 is 4.42 Å². The molecule has 0 radical (unpaired) electrons. The summed E-state index contributed by atoms with van der Waals surface area (Å²) in [7, 11) is 0. The monoisotopic (exact) mass is 574 g/mol. The van der Waals surface area contributed by atoms with Crippen LogP contribution in [0.5, 0.6) is 0 Å². The lowest BCUT2D eigenvalue weighted by atomic mass is 9.98. The van der Waals surface area contributed by atoms with Gasteiger partial charge in [0.25, 0.3) is 0 Å². The molecule has 0 fully saturated rings. The fourth-order valence-electron chi connectivity index (χ4n) is 6.92. The van der Waals surface area contributed by atoms with E-state index in [2.05, 4.69) is 108 Å². The maximum atomic E-state index is 6.13. The van der Waals surface area contributed by atoms with Crippen LogP contribution in [-0.4, -0.2) is 19.9 Å². The third kappa shape index (κ3) is 3.55. The first-order valence-corrected chi connectivity index (χ1v) is 15.0. The molecule has 0 saturated heterocycles. The Balaban J connectivity index is 1.27. The van der Waals surface area contributed by atoms with Crippen molar-refractivity contribution in [3.63, 3.8) is 0 Å². The second kappa shape index (κ2) is 9.15. The molecule has 0 saturated carbocycles. The van der Waals surface area contributed by atoms with Crippen molar-refractivity contribution in [1.82, 2.24) is 19.9 Å². The number of benzene rings is 6. The number of hydrogen-bond acceptors (Lipinski definition) is 5. The van der Waals surface area contributed by atoms with Crippen LogP contribution in [-0.2, 0) is 0 Å². The van der Waals surface area contributed by atoms with Gasteiger partial charge < -0.3 is 4.42 Å². The molecule has 6 aromatic carbocycles. The number of aromatic nitrogens is 4. The van der Waals surface area contributed by atoms with Gasteiger partial charge in [0.15, 0.2) is 17.5 Å². The molecule has 208 valence electrons. The molecule has 1 aliphatic rings. The van der Waals surface area contributed by atoms with Crippen molar-refractivity contribution in [3.05, 3.63) is 134 Å². The molecule has 0 spiro atoms. The van der Waals surface area contributed by atoms with Crippen molar-refractivity contribution >= 4 is 43.6 Å². The average Bonchev–Trinajstić information content (AvgIpc) is 3.65. The summed E-state index contributed by atoms with van der Waals surface area (Å²) in [6.07, 6.45) is 1.75. The molecular weight excluding hydrogens is 552 g/mol. The highest BCUT2D eigenvalue weighted by atomic mass is 16.3. The van der Waals surface area contributed by atoms with Gasteiger partial charge in [-0.25, -0.2) is 19.9 Å². The molecule has 0 unspecified atom stereocenters. The third-order valence-electron chi connectivity index (χ3n) is 8.95. The van der Waals surface area contributed by atoms with Crippen molar-refractivity contribution in [1.29, 1.82) is 0 Å². The zero-order valence-electron chi connectivity index (χ0n) is 23.9. The lowest BCUT2D eigenvalue weighted by Gasteiger charge is -2.12. The lowest BCUT2D eigenvalue weighted by molar-refractivity contribution is 0.654. The summed E-state index contributed by atoms with van der Waals surface area (Å²) in [4.78, 5) is 19.9. The van der Waals surface area contributed by atoms with E-state index in [-0.39, 0.29) is 0 Å². The standard InChI is InChI=1S/C40H22N4O/c1-2-9-24-22-25(18-17-23(24)8-1)37-42-38(31-20-19-30-27-11-4-3-10-26(27)28-12-5-13-29(31)35(28)30)44-39(43-37)32-14-6-16-34-36(32)33-15-7-21-41-40(33)45-34/h1-22H. The lowest BCUT2D eigenvalue weighted by Crippen LogP contribution is -2.01. The maximum absolute atomic E-state index is 6.13. The van der Waals surface area contributed by atoms with Gasteiger partial charge in [-0.1, -0.05) is 97.1 Å². The van der Waals surface area contributed by atoms with Crippen molar-refractivity contribution in [2.24, 2.45) is 0 Å². The van der Waals surface area contributed by atoms with Crippen LogP contribution in [0.3, 0.4) is 0 Å². The van der Waals surface area contributed by atoms with Crippen LogP contribution in [0.2, 0.25) is 0 Å². The summed E-state index contributed by atoms with van der Waals surface area (Å²) < 4.78 is 6.13. The van der Waals surface area contributed by atoms with Crippen molar-refractivity contribution in [2.45, 2.75) is 0 Å². The Morgan fingerprint density at radius 1 is 0.422 bits per heavy atom. The van der Waals surface area contributed by atoms with Crippen LogP contribution >= 0.6 is 0 Å². The highest BCUT2D eigenvalue weighted by molar-refractivity contribution is 6.18. The molecule has 0 atom stereocenters. The second-order valence-corrected chi connectivity index (χ2v) is 11.4. The quantitative estimate of drug-likeness (QED) is 0.210. The number of hydrogen-bond donors (Lipinski definition) is 0. The summed E-state index contributed by atoms with van der Waals surface area (Å²) >= 11 is 0. The van der Waals surface area contributed by atoms with Crippen LogP contribution in [0.4, 0.5) is 0 Å². The van der Waals surface area contributed by atoms with Gasteiger partial charge in [-0.2, -0.15) is 0 Å². The largest absolute Gasteiger partial charge is 0.438 e. The van der Waals surface area contributed by atoms with Gasteiger partial charge in [0.2, 0.25) is 5.71 Å². The Morgan fingerprint density at radius 2 is 1.09 bits per heavy atom. The predicted molar refractivity (Wildman–Crippen MR) is 181 cm³/mol. The van der Waals surface area contributed by atoms with Crippen LogP contribution in [0, 0.1) is 0 Å². The summed E-state index contributed by atoms with van der Waals surface area (Å²) in [6.45, 7) is 0. The molecule has 9 aromatic rings. The van der Waals surface area contributed by atoms with Gasteiger partial charge in [0, 0.05) is 33.7 Å². The molecule has 1 aliphatic carbocycles. The molecule has 5 heteroatoms. The van der Waals surface area contributed by atoms with Crippen LogP contribution in [0.1, 0.15) is 0 Å². The number of furan rings is 1. The highest BCUT2D eigenvalue weighted by Gasteiger charge is 2.24. The minimum absolute atomic E-state index is 0.590. The molecular formula is C40H22N4O. The molecule has 10 rings (SSSR count). The van der Waals surface area contributed by atoms with Gasteiger partial charge in [-0.3, -0.25) is 0 Å². The van der Waals surface area contributed by atoms with E-state index >= 15 is 0 Å². The SMILES string of the molecule is c1ccc2c(c1)-c1cccc3c(-c4nc(-c5ccc6ccccc6c5)nc(-c5cccc6oc7ncccc7c56)n4)ccc-2c13. The Labute approximate surface area is 257 Å². The molecule has 45 heavy (non-hydrogen) atoms. The highest BCUT2D eigenvalue weighted by Crippen LogP contribution is 2.49. The molecule has 3 aromatic heterocycles. The summed E-state index contributed by atoms with van der Waals surface area (Å²) in [6, 6.07) is 44.2. The third-order valence-corrected chi connectivity index (χ3v) is 8.95. The number of pyridine rings is 1. The molecule has 0 bridgehead atoms. The molecule has 5 nitrogen and oxygen atoms in total. The average molecular weight is 575 g/mol. The second-order valence-electron chi connectivity index (χ2n) is 11.4. The van der Waals surface area contributed by atoms with E-state index in [1.807, 2.05) is 24.3 Å².